The highest BCUT2D eigenvalue weighted by Gasteiger charge is 2.34. The lowest BCUT2D eigenvalue weighted by Gasteiger charge is -2.34. The van der Waals surface area contributed by atoms with Gasteiger partial charge >= 0.3 is 0 Å². The van der Waals surface area contributed by atoms with Gasteiger partial charge in [0.1, 0.15) is 4.90 Å². The summed E-state index contributed by atoms with van der Waals surface area (Å²) in [6.07, 6.45) is 1.05. The van der Waals surface area contributed by atoms with Crippen molar-refractivity contribution in [1.29, 1.82) is 0 Å². The molecular formula is C12H15F3N2O2S. The van der Waals surface area contributed by atoms with Crippen LogP contribution in [-0.4, -0.2) is 27.0 Å². The van der Waals surface area contributed by atoms with Crippen molar-refractivity contribution in [3.05, 3.63) is 29.6 Å². The number of rotatable bonds is 3. The Morgan fingerprint density at radius 1 is 1.15 bits per heavy atom. The Kier molecular flexibility index (Phi) is 4.08. The topological polar surface area (TPSA) is 58.2 Å². The van der Waals surface area contributed by atoms with Crippen molar-refractivity contribution in [2.75, 3.05) is 13.1 Å². The Morgan fingerprint density at radius 2 is 1.75 bits per heavy atom. The smallest absolute Gasteiger partial charge is 0.244 e. The van der Waals surface area contributed by atoms with Gasteiger partial charge in [0.15, 0.2) is 17.5 Å². The van der Waals surface area contributed by atoms with Crippen LogP contribution in [0.2, 0.25) is 0 Å². The second-order valence-electron chi connectivity index (χ2n) is 5.09. The number of sulfonamides is 1. The maximum atomic E-state index is 13.6. The minimum atomic E-state index is -4.25. The SMILES string of the molecule is CC1(NS(=O)(=O)c2ccc(F)c(F)c2F)CCNCC1. The maximum Gasteiger partial charge on any atom is 0.244 e. The standard InChI is InChI=1S/C12H15F3N2O2S/c1-12(4-6-16-7-5-12)17-20(18,19)9-3-2-8(13)10(14)11(9)15/h2-3,16-17H,4-7H2,1H3. The van der Waals surface area contributed by atoms with Gasteiger partial charge in [-0.15, -0.1) is 0 Å². The van der Waals surface area contributed by atoms with Crippen molar-refractivity contribution < 1.29 is 21.6 Å². The van der Waals surface area contributed by atoms with E-state index in [1.807, 2.05) is 0 Å². The van der Waals surface area contributed by atoms with E-state index in [2.05, 4.69) is 10.0 Å². The number of hydrogen-bond acceptors (Lipinski definition) is 3. The molecule has 1 aliphatic heterocycles. The van der Waals surface area contributed by atoms with Crippen LogP contribution in [0.3, 0.4) is 0 Å². The fourth-order valence-corrected chi connectivity index (χ4v) is 3.71. The molecule has 0 bridgehead atoms. The third kappa shape index (κ3) is 2.97. The normalized spacial score (nSPS) is 19.0. The van der Waals surface area contributed by atoms with Crippen LogP contribution in [0.15, 0.2) is 17.0 Å². The Morgan fingerprint density at radius 3 is 2.35 bits per heavy atom. The molecule has 0 aromatic heterocycles. The van der Waals surface area contributed by atoms with E-state index in [0.29, 0.717) is 32.0 Å². The second kappa shape index (κ2) is 5.34. The first-order valence-corrected chi connectivity index (χ1v) is 7.62. The minimum absolute atomic E-state index is 0.525. The molecule has 0 aliphatic carbocycles. The number of nitrogens with one attached hydrogen (secondary N) is 2. The molecule has 0 saturated carbocycles. The first kappa shape index (κ1) is 15.3. The molecule has 0 unspecified atom stereocenters. The maximum absolute atomic E-state index is 13.6. The van der Waals surface area contributed by atoms with Gasteiger partial charge in [-0.05, 0) is 45.0 Å². The molecule has 8 heteroatoms. The van der Waals surface area contributed by atoms with Crippen LogP contribution in [0.25, 0.3) is 0 Å². The summed E-state index contributed by atoms with van der Waals surface area (Å²) in [7, 11) is -4.25. The summed E-state index contributed by atoms with van der Waals surface area (Å²) in [6, 6.07) is 1.32. The zero-order valence-electron chi connectivity index (χ0n) is 10.8. The first-order chi connectivity index (χ1) is 9.25. The molecule has 2 N–H and O–H groups in total. The fraction of sp³-hybridized carbons (Fsp3) is 0.500. The average Bonchev–Trinajstić information content (AvgIpc) is 2.35. The van der Waals surface area contributed by atoms with Crippen LogP contribution in [0, 0.1) is 17.5 Å². The van der Waals surface area contributed by atoms with Crippen LogP contribution in [0.5, 0.6) is 0 Å². The van der Waals surface area contributed by atoms with E-state index < -0.39 is 37.9 Å². The third-order valence-electron chi connectivity index (χ3n) is 3.38. The zero-order valence-corrected chi connectivity index (χ0v) is 11.7. The fourth-order valence-electron chi connectivity index (χ4n) is 2.18. The number of hydrogen-bond donors (Lipinski definition) is 2. The molecule has 1 saturated heterocycles. The lowest BCUT2D eigenvalue weighted by molar-refractivity contribution is 0.307. The quantitative estimate of drug-likeness (QED) is 0.833. The molecule has 1 heterocycles. The molecule has 4 nitrogen and oxygen atoms in total. The summed E-state index contributed by atoms with van der Waals surface area (Å²) in [5.41, 5.74) is -0.735. The summed E-state index contributed by atoms with van der Waals surface area (Å²) in [5.74, 6) is -4.91. The van der Waals surface area contributed by atoms with Crippen LogP contribution >= 0.6 is 0 Å². The molecule has 0 spiro atoms. The van der Waals surface area contributed by atoms with Gasteiger partial charge in [-0.25, -0.2) is 26.3 Å². The third-order valence-corrected chi connectivity index (χ3v) is 5.03. The van der Waals surface area contributed by atoms with Crippen LogP contribution in [-0.2, 0) is 10.0 Å². The summed E-state index contributed by atoms with van der Waals surface area (Å²) < 4.78 is 66.2. The van der Waals surface area contributed by atoms with Gasteiger partial charge in [0, 0.05) is 5.54 Å². The van der Waals surface area contributed by atoms with E-state index in [9.17, 15) is 21.6 Å². The van der Waals surface area contributed by atoms with Gasteiger partial charge in [0.2, 0.25) is 10.0 Å². The van der Waals surface area contributed by atoms with Crippen molar-refractivity contribution in [1.82, 2.24) is 10.0 Å². The molecule has 0 amide bonds. The second-order valence-corrected chi connectivity index (χ2v) is 6.74. The van der Waals surface area contributed by atoms with Crippen molar-refractivity contribution in [3.8, 4) is 0 Å². The van der Waals surface area contributed by atoms with Crippen LogP contribution in [0.4, 0.5) is 13.2 Å². The summed E-state index contributed by atoms with van der Waals surface area (Å²) in [5, 5.41) is 3.07. The predicted octanol–water partition coefficient (Wildman–Crippen LogP) is 1.52. The molecule has 112 valence electrons. The first-order valence-electron chi connectivity index (χ1n) is 6.13. The van der Waals surface area contributed by atoms with E-state index in [1.54, 1.807) is 6.92 Å². The highest BCUT2D eigenvalue weighted by molar-refractivity contribution is 7.89. The molecule has 0 radical (unpaired) electrons. The van der Waals surface area contributed by atoms with Gasteiger partial charge in [-0.3, -0.25) is 0 Å². The minimum Gasteiger partial charge on any atom is -0.317 e. The van der Waals surface area contributed by atoms with E-state index in [4.69, 9.17) is 0 Å². The van der Waals surface area contributed by atoms with E-state index in [-0.39, 0.29) is 0 Å². The Balaban J connectivity index is 2.33. The molecule has 20 heavy (non-hydrogen) atoms. The van der Waals surface area contributed by atoms with Crippen LogP contribution in [0.1, 0.15) is 19.8 Å². The van der Waals surface area contributed by atoms with E-state index >= 15 is 0 Å². The van der Waals surface area contributed by atoms with Gasteiger partial charge in [0.05, 0.1) is 0 Å². The number of piperidine rings is 1. The van der Waals surface area contributed by atoms with E-state index in [1.165, 1.54) is 0 Å². The summed E-state index contributed by atoms with van der Waals surface area (Å²) >= 11 is 0. The molecule has 1 aliphatic rings. The van der Waals surface area contributed by atoms with Gasteiger partial charge < -0.3 is 5.32 Å². The molecule has 2 rings (SSSR count). The zero-order chi connectivity index (χ0) is 15.0. The van der Waals surface area contributed by atoms with E-state index in [0.717, 1.165) is 6.07 Å². The van der Waals surface area contributed by atoms with Crippen molar-refractivity contribution in [2.24, 2.45) is 0 Å². The number of benzene rings is 1. The Hall–Kier alpha value is -1.12. The van der Waals surface area contributed by atoms with Gasteiger partial charge in [0.25, 0.3) is 0 Å². The van der Waals surface area contributed by atoms with Crippen molar-refractivity contribution in [2.45, 2.75) is 30.2 Å². The summed E-state index contributed by atoms with van der Waals surface area (Å²) in [4.78, 5) is -0.879. The number of halogens is 3. The Labute approximate surface area is 115 Å². The Bertz CT molecular complexity index is 613. The lowest BCUT2D eigenvalue weighted by Crippen LogP contribution is -2.52. The average molecular weight is 308 g/mol. The largest absolute Gasteiger partial charge is 0.317 e. The van der Waals surface area contributed by atoms with Gasteiger partial charge in [-0.2, -0.15) is 0 Å². The molecule has 1 aromatic carbocycles. The van der Waals surface area contributed by atoms with Gasteiger partial charge in [-0.1, -0.05) is 0 Å². The molecule has 1 aromatic rings. The van der Waals surface area contributed by atoms with Crippen molar-refractivity contribution in [3.63, 3.8) is 0 Å². The monoisotopic (exact) mass is 308 g/mol. The highest BCUT2D eigenvalue weighted by Crippen LogP contribution is 2.24. The highest BCUT2D eigenvalue weighted by atomic mass is 32.2. The predicted molar refractivity (Wildman–Crippen MR) is 67.1 cm³/mol. The molecular weight excluding hydrogens is 293 g/mol. The van der Waals surface area contributed by atoms with Crippen LogP contribution < -0.4 is 10.0 Å². The lowest BCUT2D eigenvalue weighted by atomic mass is 9.92. The van der Waals surface area contributed by atoms with Crippen molar-refractivity contribution >= 4 is 10.0 Å². The molecule has 0 atom stereocenters. The summed E-state index contributed by atoms with van der Waals surface area (Å²) in [6.45, 7) is 2.95. The molecule has 1 fully saturated rings.